The molecule has 1 heterocycles. The molecular formula is C12H16Br2N2O. The van der Waals surface area contributed by atoms with Gasteiger partial charge in [0.1, 0.15) is 5.82 Å². The van der Waals surface area contributed by atoms with Crippen LogP contribution in [0.25, 0.3) is 0 Å². The van der Waals surface area contributed by atoms with Crippen molar-refractivity contribution in [1.29, 1.82) is 0 Å². The summed E-state index contributed by atoms with van der Waals surface area (Å²) in [5, 5.41) is 3.47. The van der Waals surface area contributed by atoms with E-state index < -0.39 is 0 Å². The monoisotopic (exact) mass is 362 g/mol. The van der Waals surface area contributed by atoms with Crippen LogP contribution in [-0.2, 0) is 4.74 Å². The SMILES string of the molecule is COC1CC(Nc2ncc(Br)cc2Br)C1(C)C. The Balaban J connectivity index is 2.08. The Labute approximate surface area is 119 Å². The van der Waals surface area contributed by atoms with Crippen molar-refractivity contribution < 1.29 is 4.74 Å². The highest BCUT2D eigenvalue weighted by Gasteiger charge is 2.48. The third kappa shape index (κ3) is 2.51. The summed E-state index contributed by atoms with van der Waals surface area (Å²) in [5.74, 6) is 0.890. The number of rotatable bonds is 3. The lowest BCUT2D eigenvalue weighted by molar-refractivity contribution is -0.0795. The number of nitrogens with one attached hydrogen (secondary N) is 1. The van der Waals surface area contributed by atoms with Gasteiger partial charge >= 0.3 is 0 Å². The maximum atomic E-state index is 5.44. The molecule has 17 heavy (non-hydrogen) atoms. The third-order valence-corrected chi connectivity index (χ3v) is 4.62. The average Bonchev–Trinajstić information content (AvgIpc) is 2.26. The van der Waals surface area contributed by atoms with Crippen molar-refractivity contribution in [2.75, 3.05) is 12.4 Å². The quantitative estimate of drug-likeness (QED) is 0.885. The van der Waals surface area contributed by atoms with E-state index in [-0.39, 0.29) is 5.41 Å². The van der Waals surface area contributed by atoms with E-state index in [1.165, 1.54) is 0 Å². The van der Waals surface area contributed by atoms with E-state index in [1.54, 1.807) is 13.3 Å². The van der Waals surface area contributed by atoms with Gasteiger partial charge in [0.15, 0.2) is 0 Å². The second-order valence-electron chi connectivity index (χ2n) is 4.96. The van der Waals surface area contributed by atoms with Crippen molar-refractivity contribution in [2.45, 2.75) is 32.4 Å². The minimum atomic E-state index is 0.142. The van der Waals surface area contributed by atoms with Crippen LogP contribution in [0.5, 0.6) is 0 Å². The van der Waals surface area contributed by atoms with E-state index in [9.17, 15) is 0 Å². The number of aromatic nitrogens is 1. The number of nitrogens with zero attached hydrogens (tertiary/aromatic N) is 1. The summed E-state index contributed by atoms with van der Waals surface area (Å²) in [4.78, 5) is 4.37. The standard InChI is InChI=1S/C12H16Br2N2O/c1-12(2)9(5-10(12)17-3)16-11-8(14)4-7(13)6-15-11/h4,6,9-10H,5H2,1-3H3,(H,15,16). The van der Waals surface area contributed by atoms with Crippen molar-refractivity contribution in [2.24, 2.45) is 5.41 Å². The first-order valence-electron chi connectivity index (χ1n) is 5.55. The number of ether oxygens (including phenoxy) is 1. The number of methoxy groups -OCH3 is 1. The van der Waals surface area contributed by atoms with Gasteiger partial charge in [-0.15, -0.1) is 0 Å². The Kier molecular flexibility index (Phi) is 3.80. The molecule has 94 valence electrons. The van der Waals surface area contributed by atoms with Gasteiger partial charge < -0.3 is 10.1 Å². The topological polar surface area (TPSA) is 34.1 Å². The van der Waals surface area contributed by atoms with Crippen LogP contribution >= 0.6 is 31.9 Å². The first-order valence-corrected chi connectivity index (χ1v) is 7.14. The molecule has 0 amide bonds. The zero-order chi connectivity index (χ0) is 12.6. The second-order valence-corrected chi connectivity index (χ2v) is 6.73. The molecule has 3 nitrogen and oxygen atoms in total. The molecule has 2 unspecified atom stereocenters. The van der Waals surface area contributed by atoms with Crippen molar-refractivity contribution in [1.82, 2.24) is 4.98 Å². The van der Waals surface area contributed by atoms with Crippen LogP contribution in [0, 0.1) is 5.41 Å². The maximum Gasteiger partial charge on any atom is 0.140 e. The Morgan fingerprint density at radius 3 is 2.71 bits per heavy atom. The molecule has 1 aromatic rings. The van der Waals surface area contributed by atoms with Crippen LogP contribution in [0.4, 0.5) is 5.82 Å². The highest BCUT2D eigenvalue weighted by atomic mass is 79.9. The molecule has 1 fully saturated rings. The summed E-state index contributed by atoms with van der Waals surface area (Å²) in [7, 11) is 1.77. The molecule has 1 saturated carbocycles. The fraction of sp³-hybridized carbons (Fsp3) is 0.583. The normalized spacial score (nSPS) is 26.4. The summed E-state index contributed by atoms with van der Waals surface area (Å²) in [6, 6.07) is 2.40. The van der Waals surface area contributed by atoms with Crippen LogP contribution in [0.1, 0.15) is 20.3 Å². The number of halogens is 2. The zero-order valence-corrected chi connectivity index (χ0v) is 13.3. The van der Waals surface area contributed by atoms with Crippen LogP contribution in [-0.4, -0.2) is 24.2 Å². The van der Waals surface area contributed by atoms with E-state index in [2.05, 4.69) is 56.0 Å². The van der Waals surface area contributed by atoms with Gasteiger partial charge in [0.05, 0.1) is 10.6 Å². The molecule has 0 aromatic carbocycles. The number of pyridine rings is 1. The van der Waals surface area contributed by atoms with Crippen LogP contribution < -0.4 is 5.32 Å². The molecule has 0 bridgehead atoms. The molecule has 0 spiro atoms. The van der Waals surface area contributed by atoms with Gasteiger partial charge in [-0.05, 0) is 44.3 Å². The van der Waals surface area contributed by atoms with Gasteiger partial charge in [-0.3, -0.25) is 0 Å². The van der Waals surface area contributed by atoms with Crippen LogP contribution in [0.3, 0.4) is 0 Å². The first kappa shape index (κ1) is 13.3. The van der Waals surface area contributed by atoms with E-state index in [1.807, 2.05) is 6.07 Å². The van der Waals surface area contributed by atoms with Crippen LogP contribution in [0.2, 0.25) is 0 Å². The van der Waals surface area contributed by atoms with Crippen molar-refractivity contribution >= 4 is 37.7 Å². The van der Waals surface area contributed by atoms with Gasteiger partial charge in [0, 0.05) is 29.2 Å². The average molecular weight is 364 g/mol. The highest BCUT2D eigenvalue weighted by Crippen LogP contribution is 2.44. The lowest BCUT2D eigenvalue weighted by atomic mass is 9.64. The van der Waals surface area contributed by atoms with E-state index in [0.29, 0.717) is 12.1 Å². The van der Waals surface area contributed by atoms with Crippen LogP contribution in [0.15, 0.2) is 21.2 Å². The Hall–Kier alpha value is -0.130. The second kappa shape index (κ2) is 4.86. The van der Waals surface area contributed by atoms with Crippen molar-refractivity contribution in [3.05, 3.63) is 21.2 Å². The molecule has 0 radical (unpaired) electrons. The fourth-order valence-corrected chi connectivity index (χ4v) is 3.32. The molecule has 2 rings (SSSR count). The predicted octanol–water partition coefficient (Wildman–Crippen LogP) is 3.83. The molecule has 0 aliphatic heterocycles. The molecule has 1 aliphatic carbocycles. The smallest absolute Gasteiger partial charge is 0.140 e. The molecule has 1 N–H and O–H groups in total. The van der Waals surface area contributed by atoms with Gasteiger partial charge in [0.2, 0.25) is 0 Å². The molecule has 5 heteroatoms. The zero-order valence-electron chi connectivity index (χ0n) is 10.1. The number of anilines is 1. The highest BCUT2D eigenvalue weighted by molar-refractivity contribution is 9.11. The lowest BCUT2D eigenvalue weighted by Crippen LogP contribution is -2.57. The summed E-state index contributed by atoms with van der Waals surface area (Å²) in [6.07, 6.45) is 3.15. The van der Waals surface area contributed by atoms with Gasteiger partial charge in [-0.2, -0.15) is 0 Å². The van der Waals surface area contributed by atoms with Crippen molar-refractivity contribution in [3.8, 4) is 0 Å². The fourth-order valence-electron chi connectivity index (χ4n) is 2.22. The number of hydrogen-bond donors (Lipinski definition) is 1. The molecular weight excluding hydrogens is 348 g/mol. The van der Waals surface area contributed by atoms with E-state index in [4.69, 9.17) is 4.74 Å². The maximum absolute atomic E-state index is 5.44. The van der Waals surface area contributed by atoms with Gasteiger partial charge in [-0.25, -0.2) is 4.98 Å². The Bertz CT molecular complexity index is 423. The number of hydrogen-bond acceptors (Lipinski definition) is 3. The summed E-state index contributed by atoms with van der Waals surface area (Å²) < 4.78 is 7.38. The minimum Gasteiger partial charge on any atom is -0.381 e. The van der Waals surface area contributed by atoms with E-state index in [0.717, 1.165) is 21.2 Å². The van der Waals surface area contributed by atoms with E-state index >= 15 is 0 Å². The summed E-state index contributed by atoms with van der Waals surface area (Å²) in [5.41, 5.74) is 0.142. The largest absolute Gasteiger partial charge is 0.381 e. The Morgan fingerprint density at radius 1 is 1.47 bits per heavy atom. The summed E-state index contributed by atoms with van der Waals surface area (Å²) in [6.45, 7) is 4.43. The predicted molar refractivity (Wildman–Crippen MR) is 76.2 cm³/mol. The molecule has 0 saturated heterocycles. The van der Waals surface area contributed by atoms with Crippen molar-refractivity contribution in [3.63, 3.8) is 0 Å². The lowest BCUT2D eigenvalue weighted by Gasteiger charge is -2.51. The van der Waals surface area contributed by atoms with Gasteiger partial charge in [0.25, 0.3) is 0 Å². The molecule has 2 atom stereocenters. The Morgan fingerprint density at radius 2 is 2.18 bits per heavy atom. The minimum absolute atomic E-state index is 0.142. The third-order valence-electron chi connectivity index (χ3n) is 3.58. The molecule has 1 aromatic heterocycles. The van der Waals surface area contributed by atoms with Gasteiger partial charge in [-0.1, -0.05) is 13.8 Å². The first-order chi connectivity index (χ1) is 7.95. The summed E-state index contributed by atoms with van der Waals surface area (Å²) >= 11 is 6.91. The molecule has 1 aliphatic rings.